The standard InChI is InChI=1S/C10H8FNO2/c1-2-3-14-7-4-9(11)8(6-12)10(13)5-7/h2,4-5,13H,1,3H2. The molecular weight excluding hydrogens is 185 g/mol. The van der Waals surface area contributed by atoms with Crippen LogP contribution in [0.25, 0.3) is 0 Å². The van der Waals surface area contributed by atoms with Gasteiger partial charge in [-0.05, 0) is 0 Å². The Labute approximate surface area is 80.7 Å². The monoisotopic (exact) mass is 193 g/mol. The molecular formula is C10H8FNO2. The van der Waals surface area contributed by atoms with E-state index >= 15 is 0 Å². The number of nitriles is 1. The minimum Gasteiger partial charge on any atom is -0.506 e. The Kier molecular flexibility index (Phi) is 3.08. The van der Waals surface area contributed by atoms with Crippen molar-refractivity contribution in [3.63, 3.8) is 0 Å². The molecule has 1 aromatic carbocycles. The molecule has 3 nitrogen and oxygen atoms in total. The Hall–Kier alpha value is -2.02. The van der Waals surface area contributed by atoms with Gasteiger partial charge in [0.2, 0.25) is 0 Å². The van der Waals surface area contributed by atoms with Gasteiger partial charge in [-0.15, -0.1) is 0 Å². The van der Waals surface area contributed by atoms with Crippen LogP contribution in [0.3, 0.4) is 0 Å². The first-order valence-electron chi connectivity index (χ1n) is 3.85. The molecule has 0 amide bonds. The highest BCUT2D eigenvalue weighted by atomic mass is 19.1. The second-order valence-electron chi connectivity index (χ2n) is 2.51. The average molecular weight is 193 g/mol. The van der Waals surface area contributed by atoms with Crippen molar-refractivity contribution in [2.45, 2.75) is 0 Å². The maximum absolute atomic E-state index is 13.1. The van der Waals surface area contributed by atoms with E-state index in [4.69, 9.17) is 10.00 Å². The van der Waals surface area contributed by atoms with Crippen molar-refractivity contribution in [2.75, 3.05) is 6.61 Å². The average Bonchev–Trinajstić information content (AvgIpc) is 2.14. The first-order valence-corrected chi connectivity index (χ1v) is 3.85. The van der Waals surface area contributed by atoms with Gasteiger partial charge >= 0.3 is 0 Å². The fraction of sp³-hybridized carbons (Fsp3) is 0.100. The Morgan fingerprint density at radius 3 is 2.86 bits per heavy atom. The van der Waals surface area contributed by atoms with Gasteiger partial charge in [0.25, 0.3) is 0 Å². The first-order chi connectivity index (χ1) is 6.69. The lowest BCUT2D eigenvalue weighted by atomic mass is 10.2. The number of nitrogens with zero attached hydrogens (tertiary/aromatic N) is 1. The third-order valence-electron chi connectivity index (χ3n) is 1.52. The van der Waals surface area contributed by atoms with Crippen LogP contribution in [0.2, 0.25) is 0 Å². The summed E-state index contributed by atoms with van der Waals surface area (Å²) in [6.45, 7) is 3.63. The molecule has 0 saturated heterocycles. The zero-order valence-corrected chi connectivity index (χ0v) is 7.33. The van der Waals surface area contributed by atoms with Crippen molar-refractivity contribution in [3.8, 4) is 17.6 Å². The largest absolute Gasteiger partial charge is 0.506 e. The lowest BCUT2D eigenvalue weighted by molar-refractivity contribution is 0.356. The van der Waals surface area contributed by atoms with E-state index in [9.17, 15) is 9.50 Å². The topological polar surface area (TPSA) is 53.2 Å². The minimum atomic E-state index is -0.799. The van der Waals surface area contributed by atoms with E-state index in [0.717, 1.165) is 6.07 Å². The second-order valence-corrected chi connectivity index (χ2v) is 2.51. The van der Waals surface area contributed by atoms with E-state index in [1.807, 2.05) is 0 Å². The number of rotatable bonds is 3. The van der Waals surface area contributed by atoms with Crippen molar-refractivity contribution in [3.05, 3.63) is 36.2 Å². The zero-order chi connectivity index (χ0) is 10.6. The Morgan fingerprint density at radius 2 is 2.36 bits per heavy atom. The lowest BCUT2D eigenvalue weighted by Gasteiger charge is -2.04. The van der Waals surface area contributed by atoms with Crippen LogP contribution in [0.5, 0.6) is 11.5 Å². The molecule has 4 heteroatoms. The third kappa shape index (κ3) is 2.02. The van der Waals surface area contributed by atoms with Crippen LogP contribution in [-0.4, -0.2) is 11.7 Å². The van der Waals surface area contributed by atoms with Crippen molar-refractivity contribution >= 4 is 0 Å². The van der Waals surface area contributed by atoms with E-state index in [-0.39, 0.29) is 17.9 Å². The highest BCUT2D eigenvalue weighted by Crippen LogP contribution is 2.25. The molecule has 0 aliphatic heterocycles. The molecule has 0 aromatic heterocycles. The van der Waals surface area contributed by atoms with Gasteiger partial charge in [0.1, 0.15) is 35.6 Å². The third-order valence-corrected chi connectivity index (χ3v) is 1.52. The van der Waals surface area contributed by atoms with Crippen LogP contribution in [0.4, 0.5) is 4.39 Å². The summed E-state index contributed by atoms with van der Waals surface area (Å²) in [6, 6.07) is 3.78. The summed E-state index contributed by atoms with van der Waals surface area (Å²) in [7, 11) is 0. The van der Waals surface area contributed by atoms with Crippen molar-refractivity contribution in [1.82, 2.24) is 0 Å². The van der Waals surface area contributed by atoms with Crippen LogP contribution in [0, 0.1) is 17.1 Å². The molecule has 72 valence electrons. The Morgan fingerprint density at radius 1 is 1.64 bits per heavy atom. The quantitative estimate of drug-likeness (QED) is 0.746. The number of hydrogen-bond acceptors (Lipinski definition) is 3. The van der Waals surface area contributed by atoms with Gasteiger partial charge in [0.15, 0.2) is 0 Å². The van der Waals surface area contributed by atoms with Crippen molar-refractivity contribution < 1.29 is 14.2 Å². The molecule has 1 rings (SSSR count). The maximum atomic E-state index is 13.1. The van der Waals surface area contributed by atoms with Gasteiger partial charge in [-0.1, -0.05) is 12.7 Å². The highest BCUT2D eigenvalue weighted by molar-refractivity contribution is 5.47. The van der Waals surface area contributed by atoms with Crippen LogP contribution < -0.4 is 4.74 Å². The molecule has 0 spiro atoms. The van der Waals surface area contributed by atoms with E-state index < -0.39 is 11.6 Å². The molecule has 0 atom stereocenters. The molecule has 1 N–H and O–H groups in total. The predicted octanol–water partition coefficient (Wildman–Crippen LogP) is 1.97. The number of ether oxygens (including phenoxy) is 1. The molecule has 0 bridgehead atoms. The maximum Gasteiger partial charge on any atom is 0.148 e. The summed E-state index contributed by atoms with van der Waals surface area (Å²) in [5, 5.41) is 17.7. The Balaban J connectivity index is 3.02. The smallest absolute Gasteiger partial charge is 0.148 e. The molecule has 0 radical (unpaired) electrons. The number of halogens is 1. The van der Waals surface area contributed by atoms with Gasteiger partial charge in [-0.2, -0.15) is 5.26 Å². The predicted molar refractivity (Wildman–Crippen MR) is 48.5 cm³/mol. The van der Waals surface area contributed by atoms with Gasteiger partial charge in [0, 0.05) is 12.1 Å². The van der Waals surface area contributed by atoms with Crippen LogP contribution >= 0.6 is 0 Å². The highest BCUT2D eigenvalue weighted by Gasteiger charge is 2.09. The fourth-order valence-corrected chi connectivity index (χ4v) is 0.917. The van der Waals surface area contributed by atoms with Gasteiger partial charge in [-0.3, -0.25) is 0 Å². The van der Waals surface area contributed by atoms with Crippen LogP contribution in [-0.2, 0) is 0 Å². The van der Waals surface area contributed by atoms with E-state index in [2.05, 4.69) is 6.58 Å². The Bertz CT molecular complexity index is 373. The van der Waals surface area contributed by atoms with Crippen molar-refractivity contribution in [1.29, 1.82) is 5.26 Å². The van der Waals surface area contributed by atoms with E-state index in [1.165, 1.54) is 12.1 Å². The molecule has 0 aliphatic carbocycles. The number of benzene rings is 1. The molecule has 0 fully saturated rings. The van der Waals surface area contributed by atoms with E-state index in [0.29, 0.717) is 0 Å². The first kappa shape index (κ1) is 10.1. The summed E-state index contributed by atoms with van der Waals surface area (Å²) < 4.78 is 18.0. The fourth-order valence-electron chi connectivity index (χ4n) is 0.917. The second kappa shape index (κ2) is 4.28. The molecule has 0 unspecified atom stereocenters. The van der Waals surface area contributed by atoms with Crippen LogP contribution in [0.15, 0.2) is 24.8 Å². The lowest BCUT2D eigenvalue weighted by Crippen LogP contribution is -1.94. The summed E-state index contributed by atoms with van der Waals surface area (Å²) in [6.07, 6.45) is 1.49. The summed E-state index contributed by atoms with van der Waals surface area (Å²) in [5.74, 6) is -1.06. The van der Waals surface area contributed by atoms with Gasteiger partial charge in [-0.25, -0.2) is 4.39 Å². The SMILES string of the molecule is C=CCOc1cc(O)c(C#N)c(F)c1. The van der Waals surface area contributed by atoms with E-state index in [1.54, 1.807) is 6.07 Å². The molecule has 14 heavy (non-hydrogen) atoms. The van der Waals surface area contributed by atoms with Gasteiger partial charge < -0.3 is 9.84 Å². The number of phenols is 1. The summed E-state index contributed by atoms with van der Waals surface area (Å²) >= 11 is 0. The zero-order valence-electron chi connectivity index (χ0n) is 7.33. The number of hydrogen-bond donors (Lipinski definition) is 1. The molecule has 1 aromatic rings. The number of aromatic hydroxyl groups is 1. The number of phenolic OH excluding ortho intramolecular Hbond substituents is 1. The van der Waals surface area contributed by atoms with Crippen molar-refractivity contribution in [2.24, 2.45) is 0 Å². The normalized spacial score (nSPS) is 9.14. The van der Waals surface area contributed by atoms with Crippen LogP contribution in [0.1, 0.15) is 5.56 Å². The summed E-state index contributed by atoms with van der Waals surface area (Å²) in [4.78, 5) is 0. The van der Waals surface area contributed by atoms with Gasteiger partial charge in [0.05, 0.1) is 0 Å². The molecule has 0 saturated carbocycles. The molecule has 0 heterocycles. The summed E-state index contributed by atoms with van der Waals surface area (Å²) in [5.41, 5.74) is -0.379. The minimum absolute atomic E-state index is 0.166. The molecule has 0 aliphatic rings.